The minimum Gasteiger partial charge on any atom is -0.497 e. The van der Waals surface area contributed by atoms with Crippen molar-refractivity contribution in [1.82, 2.24) is 5.43 Å². The van der Waals surface area contributed by atoms with E-state index < -0.39 is 5.92 Å². The number of hydrogen-bond donors (Lipinski definition) is 1. The Morgan fingerprint density at radius 3 is 2.50 bits per heavy atom. The van der Waals surface area contributed by atoms with Gasteiger partial charge in [0.15, 0.2) is 0 Å². The van der Waals surface area contributed by atoms with Gasteiger partial charge in [0.05, 0.1) is 19.2 Å². The first-order valence-corrected chi connectivity index (χ1v) is 11.1. The molecule has 1 heterocycles. The van der Waals surface area contributed by atoms with Gasteiger partial charge >= 0.3 is 0 Å². The van der Waals surface area contributed by atoms with Gasteiger partial charge in [0.25, 0.3) is 0 Å². The maximum Gasteiger partial charge on any atom is 0.245 e. The zero-order chi connectivity index (χ0) is 23.9. The van der Waals surface area contributed by atoms with Crippen LogP contribution in [0.2, 0.25) is 5.02 Å². The third-order valence-electron chi connectivity index (χ3n) is 5.50. The number of methoxy groups -OCH3 is 1. The molecule has 0 saturated carbocycles. The molecular formula is C26H24ClN3O4. The molecule has 1 N–H and O–H groups in total. The van der Waals surface area contributed by atoms with Crippen LogP contribution in [-0.2, 0) is 16.2 Å². The Bertz CT molecular complexity index is 1180. The number of amides is 2. The van der Waals surface area contributed by atoms with E-state index in [2.05, 4.69) is 10.5 Å². The number of ether oxygens (including phenoxy) is 2. The summed E-state index contributed by atoms with van der Waals surface area (Å²) in [4.78, 5) is 26.5. The number of carbonyl (C=O) groups is 2. The van der Waals surface area contributed by atoms with Crippen LogP contribution in [-0.4, -0.2) is 31.7 Å². The Hall–Kier alpha value is -3.84. The van der Waals surface area contributed by atoms with Crippen molar-refractivity contribution < 1.29 is 19.1 Å². The molecule has 0 aliphatic carbocycles. The van der Waals surface area contributed by atoms with Gasteiger partial charge in [0, 0.05) is 29.2 Å². The largest absolute Gasteiger partial charge is 0.497 e. The SMILES string of the molecule is COc1ccc(N2C[C@H](C(=O)N/N=C/c3ccc(OCc4ccccc4Cl)cc3)CC2=O)cc1. The molecule has 0 unspecified atom stereocenters. The van der Waals surface area contributed by atoms with Crippen LogP contribution < -0.4 is 19.8 Å². The number of carbonyl (C=O) groups excluding carboxylic acids is 2. The van der Waals surface area contributed by atoms with E-state index in [1.807, 2.05) is 48.5 Å². The van der Waals surface area contributed by atoms with E-state index in [1.54, 1.807) is 42.5 Å². The number of hydrogen-bond acceptors (Lipinski definition) is 5. The molecule has 0 aromatic heterocycles. The summed E-state index contributed by atoms with van der Waals surface area (Å²) in [6.45, 7) is 0.681. The molecule has 34 heavy (non-hydrogen) atoms. The van der Waals surface area contributed by atoms with Crippen LogP contribution in [0.3, 0.4) is 0 Å². The van der Waals surface area contributed by atoms with E-state index in [0.29, 0.717) is 29.7 Å². The van der Waals surface area contributed by atoms with Crippen molar-refractivity contribution in [3.05, 3.63) is 88.9 Å². The lowest BCUT2D eigenvalue weighted by Gasteiger charge is -2.16. The smallest absolute Gasteiger partial charge is 0.245 e. The summed E-state index contributed by atoms with van der Waals surface area (Å²) in [7, 11) is 1.58. The minimum absolute atomic E-state index is 0.0957. The normalized spacial score (nSPS) is 15.5. The Labute approximate surface area is 202 Å². The van der Waals surface area contributed by atoms with Crippen molar-refractivity contribution in [2.45, 2.75) is 13.0 Å². The summed E-state index contributed by atoms with van der Waals surface area (Å²) in [6, 6.07) is 22.0. The van der Waals surface area contributed by atoms with E-state index >= 15 is 0 Å². The predicted molar refractivity (Wildman–Crippen MR) is 131 cm³/mol. The lowest BCUT2D eigenvalue weighted by atomic mass is 10.1. The second-order valence-electron chi connectivity index (χ2n) is 7.79. The lowest BCUT2D eigenvalue weighted by Crippen LogP contribution is -2.30. The Morgan fingerprint density at radius 2 is 1.79 bits per heavy atom. The number of nitrogens with one attached hydrogen (secondary N) is 1. The molecule has 8 heteroatoms. The molecule has 2 amide bonds. The van der Waals surface area contributed by atoms with E-state index in [1.165, 1.54) is 0 Å². The van der Waals surface area contributed by atoms with Gasteiger partial charge < -0.3 is 14.4 Å². The highest BCUT2D eigenvalue weighted by atomic mass is 35.5. The number of halogens is 1. The van der Waals surface area contributed by atoms with Crippen molar-refractivity contribution in [2.24, 2.45) is 11.0 Å². The molecule has 1 aliphatic rings. The first-order chi connectivity index (χ1) is 16.5. The number of benzene rings is 3. The van der Waals surface area contributed by atoms with Gasteiger partial charge in [-0.3, -0.25) is 9.59 Å². The van der Waals surface area contributed by atoms with E-state index in [-0.39, 0.29) is 18.2 Å². The third kappa shape index (κ3) is 5.74. The molecule has 174 valence electrons. The van der Waals surface area contributed by atoms with Crippen molar-refractivity contribution >= 4 is 35.3 Å². The first kappa shape index (κ1) is 23.3. The summed E-state index contributed by atoms with van der Waals surface area (Å²) in [5, 5.41) is 4.70. The van der Waals surface area contributed by atoms with Crippen LogP contribution in [0.4, 0.5) is 5.69 Å². The molecule has 3 aromatic carbocycles. The molecule has 1 atom stereocenters. The summed E-state index contributed by atoms with van der Waals surface area (Å²) in [6.07, 6.45) is 1.69. The molecule has 0 bridgehead atoms. The van der Waals surface area contributed by atoms with Gasteiger partial charge in [-0.15, -0.1) is 0 Å². The van der Waals surface area contributed by atoms with Crippen molar-refractivity contribution in [2.75, 3.05) is 18.6 Å². The zero-order valence-electron chi connectivity index (χ0n) is 18.6. The van der Waals surface area contributed by atoms with Crippen LogP contribution in [0.5, 0.6) is 11.5 Å². The third-order valence-corrected chi connectivity index (χ3v) is 5.87. The molecule has 7 nitrogen and oxygen atoms in total. The average Bonchev–Trinajstić information content (AvgIpc) is 3.26. The van der Waals surface area contributed by atoms with Crippen LogP contribution >= 0.6 is 11.6 Å². The molecular weight excluding hydrogens is 454 g/mol. The maximum absolute atomic E-state index is 12.5. The molecule has 0 radical (unpaired) electrons. The first-order valence-electron chi connectivity index (χ1n) is 10.8. The Kier molecular flexibility index (Phi) is 7.44. The summed E-state index contributed by atoms with van der Waals surface area (Å²) in [5.41, 5.74) is 4.98. The van der Waals surface area contributed by atoms with Gasteiger partial charge in [-0.25, -0.2) is 5.43 Å². The summed E-state index contributed by atoms with van der Waals surface area (Å²) in [5.74, 6) is 0.553. The highest BCUT2D eigenvalue weighted by Gasteiger charge is 2.35. The monoisotopic (exact) mass is 477 g/mol. The number of hydrazone groups is 1. The summed E-state index contributed by atoms with van der Waals surface area (Å²) >= 11 is 6.15. The highest BCUT2D eigenvalue weighted by molar-refractivity contribution is 6.31. The second-order valence-corrected chi connectivity index (χ2v) is 8.19. The van der Waals surface area contributed by atoms with Crippen LogP contribution in [0, 0.1) is 5.92 Å². The van der Waals surface area contributed by atoms with Crippen LogP contribution in [0.1, 0.15) is 17.5 Å². The number of nitrogens with zero attached hydrogens (tertiary/aromatic N) is 2. The second kappa shape index (κ2) is 10.9. The predicted octanol–water partition coefficient (Wildman–Crippen LogP) is 4.43. The van der Waals surface area contributed by atoms with Crippen molar-refractivity contribution in [3.8, 4) is 11.5 Å². The zero-order valence-corrected chi connectivity index (χ0v) is 19.4. The van der Waals surface area contributed by atoms with E-state index in [0.717, 1.165) is 16.8 Å². The quantitative estimate of drug-likeness (QED) is 0.384. The van der Waals surface area contributed by atoms with Gasteiger partial charge in [-0.1, -0.05) is 29.8 Å². The number of rotatable bonds is 8. The molecule has 0 spiro atoms. The maximum atomic E-state index is 12.5. The standard InChI is InChI=1S/C26H24ClN3O4/c1-33-22-12-8-21(9-13-22)30-16-20(14-25(30)31)26(32)29-28-15-18-6-10-23(11-7-18)34-17-19-4-2-3-5-24(19)27/h2-13,15,20H,14,16-17H2,1H3,(H,29,32)/b28-15+/t20-/m1/s1. The molecule has 1 fully saturated rings. The minimum atomic E-state index is -0.465. The van der Waals surface area contributed by atoms with Gasteiger partial charge in [-0.2, -0.15) is 5.10 Å². The van der Waals surface area contributed by atoms with Crippen LogP contribution in [0.25, 0.3) is 0 Å². The fourth-order valence-corrected chi connectivity index (χ4v) is 3.77. The Morgan fingerprint density at radius 1 is 1.09 bits per heavy atom. The van der Waals surface area contributed by atoms with Crippen molar-refractivity contribution in [1.29, 1.82) is 0 Å². The Balaban J connectivity index is 1.27. The molecule has 3 aromatic rings. The highest BCUT2D eigenvalue weighted by Crippen LogP contribution is 2.27. The van der Waals surface area contributed by atoms with Crippen molar-refractivity contribution in [3.63, 3.8) is 0 Å². The molecule has 1 saturated heterocycles. The van der Waals surface area contributed by atoms with Crippen LogP contribution in [0.15, 0.2) is 77.9 Å². The van der Waals surface area contributed by atoms with E-state index in [9.17, 15) is 9.59 Å². The average molecular weight is 478 g/mol. The topological polar surface area (TPSA) is 80.2 Å². The molecule has 4 rings (SSSR count). The van der Waals surface area contributed by atoms with Gasteiger partial charge in [0.1, 0.15) is 18.1 Å². The van der Waals surface area contributed by atoms with Gasteiger partial charge in [0.2, 0.25) is 11.8 Å². The molecule has 1 aliphatic heterocycles. The van der Waals surface area contributed by atoms with Gasteiger partial charge in [-0.05, 0) is 60.2 Å². The van der Waals surface area contributed by atoms with E-state index in [4.69, 9.17) is 21.1 Å². The number of anilines is 1. The summed E-state index contributed by atoms with van der Waals surface area (Å²) < 4.78 is 10.9. The fraction of sp³-hybridized carbons (Fsp3) is 0.192. The fourth-order valence-electron chi connectivity index (χ4n) is 3.58. The lowest BCUT2D eigenvalue weighted by molar-refractivity contribution is -0.126.